The van der Waals surface area contributed by atoms with Crippen LogP contribution >= 0.6 is 0 Å². The van der Waals surface area contributed by atoms with Crippen LogP contribution in [0.2, 0.25) is 0 Å². The van der Waals surface area contributed by atoms with Crippen molar-refractivity contribution in [3.05, 3.63) is 108 Å². The Labute approximate surface area is 221 Å². The summed E-state index contributed by atoms with van der Waals surface area (Å²) in [5.41, 5.74) is 5.25. The van der Waals surface area contributed by atoms with Crippen molar-refractivity contribution in [2.24, 2.45) is 0 Å². The van der Waals surface area contributed by atoms with E-state index in [1.165, 1.54) is 11.1 Å². The number of piperidine rings is 1. The third-order valence-corrected chi connectivity index (χ3v) is 6.33. The van der Waals surface area contributed by atoms with Crippen LogP contribution in [-0.2, 0) is 4.79 Å². The SMILES string of the molecule is C=C/C=C1\C(=C/C)CCN1C(=O)C(/C=C\C)=C/C(=C)CN1CCC(c2ccccc2)CC1.CC.CC. The van der Waals surface area contributed by atoms with Crippen LogP contribution < -0.4 is 0 Å². The van der Waals surface area contributed by atoms with Crippen LogP contribution in [0.4, 0.5) is 0 Å². The van der Waals surface area contributed by atoms with Crippen molar-refractivity contribution in [3.8, 4) is 0 Å². The Kier molecular flexibility index (Phi) is 15.1. The molecule has 0 radical (unpaired) electrons. The number of rotatable bonds is 7. The fourth-order valence-electron chi connectivity index (χ4n) is 4.68. The molecule has 0 unspecified atom stereocenters. The summed E-state index contributed by atoms with van der Waals surface area (Å²) in [5.74, 6) is 0.666. The summed E-state index contributed by atoms with van der Waals surface area (Å²) in [6.07, 6.45) is 14.8. The first-order valence-electron chi connectivity index (χ1n) is 13.7. The maximum absolute atomic E-state index is 13.4. The second kappa shape index (κ2) is 17.5. The van der Waals surface area contributed by atoms with Crippen molar-refractivity contribution in [2.75, 3.05) is 26.2 Å². The second-order valence-corrected chi connectivity index (χ2v) is 8.53. The Balaban J connectivity index is 0.00000154. The maximum atomic E-state index is 13.4. The van der Waals surface area contributed by atoms with Crippen molar-refractivity contribution in [1.29, 1.82) is 0 Å². The highest BCUT2D eigenvalue weighted by Crippen LogP contribution is 2.30. The zero-order chi connectivity index (χ0) is 26.9. The number of carbonyl (C=O) groups is 1. The summed E-state index contributed by atoms with van der Waals surface area (Å²) in [6, 6.07) is 10.8. The van der Waals surface area contributed by atoms with E-state index < -0.39 is 0 Å². The minimum atomic E-state index is 0.0250. The van der Waals surface area contributed by atoms with E-state index in [1.807, 2.05) is 70.7 Å². The molecule has 0 N–H and O–H groups in total. The summed E-state index contributed by atoms with van der Waals surface area (Å²) in [5, 5.41) is 0. The van der Waals surface area contributed by atoms with Gasteiger partial charge in [0.15, 0.2) is 0 Å². The molecule has 2 saturated heterocycles. The Morgan fingerprint density at radius 3 is 2.22 bits per heavy atom. The topological polar surface area (TPSA) is 23.6 Å². The van der Waals surface area contributed by atoms with Crippen LogP contribution in [0, 0.1) is 0 Å². The van der Waals surface area contributed by atoms with Gasteiger partial charge in [-0.3, -0.25) is 9.69 Å². The van der Waals surface area contributed by atoms with E-state index in [4.69, 9.17) is 0 Å². The average Bonchev–Trinajstić information content (AvgIpc) is 3.34. The molecule has 0 bridgehead atoms. The Bertz CT molecular complexity index is 941. The van der Waals surface area contributed by atoms with Crippen molar-refractivity contribution >= 4 is 5.91 Å². The number of hydrogen-bond acceptors (Lipinski definition) is 2. The minimum Gasteiger partial charge on any atom is -0.308 e. The Hall–Kier alpha value is -2.91. The number of likely N-dealkylation sites (tertiary alicyclic amines) is 2. The van der Waals surface area contributed by atoms with Crippen LogP contribution in [0.3, 0.4) is 0 Å². The summed E-state index contributed by atoms with van der Waals surface area (Å²) >= 11 is 0. The lowest BCUT2D eigenvalue weighted by Crippen LogP contribution is -2.34. The molecule has 2 aliphatic heterocycles. The number of carbonyl (C=O) groups excluding carboxylic acids is 1. The Morgan fingerprint density at radius 1 is 1.03 bits per heavy atom. The first-order chi connectivity index (χ1) is 17.6. The van der Waals surface area contributed by atoms with Gasteiger partial charge in [-0.15, -0.1) is 0 Å². The third-order valence-electron chi connectivity index (χ3n) is 6.33. The van der Waals surface area contributed by atoms with Gasteiger partial charge in [-0.1, -0.05) is 95.5 Å². The van der Waals surface area contributed by atoms with Crippen molar-refractivity contribution in [2.45, 2.75) is 66.7 Å². The van der Waals surface area contributed by atoms with Gasteiger partial charge >= 0.3 is 0 Å². The van der Waals surface area contributed by atoms with E-state index >= 15 is 0 Å². The molecule has 3 rings (SSSR count). The number of nitrogens with zero attached hydrogens (tertiary/aromatic N) is 2. The summed E-state index contributed by atoms with van der Waals surface area (Å²) < 4.78 is 0. The molecule has 0 saturated carbocycles. The lowest BCUT2D eigenvalue weighted by molar-refractivity contribution is -0.124. The summed E-state index contributed by atoms with van der Waals surface area (Å²) in [7, 11) is 0. The molecule has 1 amide bonds. The average molecular weight is 489 g/mol. The van der Waals surface area contributed by atoms with Crippen LogP contribution in [0.1, 0.15) is 72.3 Å². The molecular weight excluding hydrogens is 440 g/mol. The van der Waals surface area contributed by atoms with Crippen LogP contribution in [0.5, 0.6) is 0 Å². The van der Waals surface area contributed by atoms with E-state index in [-0.39, 0.29) is 5.91 Å². The van der Waals surface area contributed by atoms with E-state index in [9.17, 15) is 4.79 Å². The molecule has 36 heavy (non-hydrogen) atoms. The molecule has 0 spiro atoms. The van der Waals surface area contributed by atoms with Gasteiger partial charge < -0.3 is 4.90 Å². The van der Waals surface area contributed by atoms with E-state index in [0.717, 1.165) is 50.2 Å². The molecule has 1 aromatic rings. The number of hydrogen-bond donors (Lipinski definition) is 0. The molecule has 2 fully saturated rings. The fraction of sp³-hybridized carbons (Fsp3) is 0.424. The lowest BCUT2D eigenvalue weighted by atomic mass is 9.89. The van der Waals surface area contributed by atoms with Gasteiger partial charge in [-0.25, -0.2) is 0 Å². The third kappa shape index (κ3) is 8.95. The van der Waals surface area contributed by atoms with Gasteiger partial charge in [-0.05, 0) is 81.0 Å². The molecule has 1 aromatic carbocycles. The molecule has 2 heterocycles. The molecule has 3 nitrogen and oxygen atoms in total. The molecule has 196 valence electrons. The van der Waals surface area contributed by atoms with E-state index in [0.29, 0.717) is 18.0 Å². The minimum absolute atomic E-state index is 0.0250. The number of allylic oxidation sites excluding steroid dienone is 5. The smallest absolute Gasteiger partial charge is 0.258 e. The van der Waals surface area contributed by atoms with Gasteiger partial charge in [0.05, 0.1) is 0 Å². The lowest BCUT2D eigenvalue weighted by Gasteiger charge is -2.32. The van der Waals surface area contributed by atoms with Crippen LogP contribution in [-0.4, -0.2) is 41.9 Å². The molecule has 0 aliphatic carbocycles. The Morgan fingerprint density at radius 2 is 1.67 bits per heavy atom. The van der Waals surface area contributed by atoms with Gasteiger partial charge in [-0.2, -0.15) is 0 Å². The zero-order valence-electron chi connectivity index (χ0n) is 23.6. The van der Waals surface area contributed by atoms with E-state index in [2.05, 4.69) is 54.5 Å². The molecular formula is C33H48N2O. The van der Waals surface area contributed by atoms with Crippen molar-refractivity contribution in [1.82, 2.24) is 9.80 Å². The zero-order valence-corrected chi connectivity index (χ0v) is 23.6. The molecule has 3 heteroatoms. The van der Waals surface area contributed by atoms with Gasteiger partial charge in [0.25, 0.3) is 5.91 Å². The maximum Gasteiger partial charge on any atom is 0.258 e. The standard InChI is InChI=1S/C29H36N2O.2C2H6/c1-5-11-27(29(32)31-20-17-24(7-3)28(31)12-6-2)21-23(4)22-30-18-15-26(16-19-30)25-13-9-8-10-14-25;2*1-2/h5-14,21,26H,2,4,15-20,22H2,1,3H3;2*1-2H3/b11-5-,24-7-,27-21+,28-12+;;. The normalized spacial score (nSPS) is 19.1. The van der Waals surface area contributed by atoms with Gasteiger partial charge in [0.2, 0.25) is 0 Å². The fourth-order valence-corrected chi connectivity index (χ4v) is 4.68. The number of benzene rings is 1. The molecule has 0 aromatic heterocycles. The molecule has 0 atom stereocenters. The van der Waals surface area contributed by atoms with E-state index in [1.54, 1.807) is 6.08 Å². The highest BCUT2D eigenvalue weighted by molar-refractivity contribution is 5.98. The highest BCUT2D eigenvalue weighted by Gasteiger charge is 2.28. The highest BCUT2D eigenvalue weighted by atomic mass is 16.2. The quantitative estimate of drug-likeness (QED) is 0.285. The van der Waals surface area contributed by atoms with Crippen LogP contribution in [0.15, 0.2) is 102 Å². The second-order valence-electron chi connectivity index (χ2n) is 8.53. The first-order valence-corrected chi connectivity index (χ1v) is 13.7. The summed E-state index contributed by atoms with van der Waals surface area (Å²) in [6.45, 7) is 23.7. The predicted molar refractivity (Wildman–Crippen MR) is 158 cm³/mol. The largest absolute Gasteiger partial charge is 0.308 e. The molecule has 2 aliphatic rings. The van der Waals surface area contributed by atoms with Crippen molar-refractivity contribution in [3.63, 3.8) is 0 Å². The van der Waals surface area contributed by atoms with Gasteiger partial charge in [0.1, 0.15) is 0 Å². The van der Waals surface area contributed by atoms with Crippen molar-refractivity contribution < 1.29 is 4.79 Å². The van der Waals surface area contributed by atoms with Crippen LogP contribution in [0.25, 0.3) is 0 Å². The van der Waals surface area contributed by atoms with Gasteiger partial charge in [0, 0.05) is 24.4 Å². The first kappa shape index (κ1) is 31.1. The summed E-state index contributed by atoms with van der Waals surface area (Å²) in [4.78, 5) is 17.7. The monoisotopic (exact) mass is 488 g/mol. The number of amides is 1. The predicted octanol–water partition coefficient (Wildman–Crippen LogP) is 8.23.